The van der Waals surface area contributed by atoms with Crippen LogP contribution in [-0.2, 0) is 23.8 Å². The number of ether oxygens (including phenoxy) is 3. The van der Waals surface area contributed by atoms with Gasteiger partial charge in [0.15, 0.2) is 0 Å². The fraction of sp³-hybridized carbons (Fsp3) is 0.625. The van der Waals surface area contributed by atoms with Crippen LogP contribution in [0.15, 0.2) is 0 Å². The molecule has 1 unspecified atom stereocenters. The van der Waals surface area contributed by atoms with E-state index in [9.17, 15) is 9.59 Å². The highest BCUT2D eigenvalue weighted by atomic mass is 16.6. The molecule has 0 rings (SSSR count). The molecule has 0 aromatic heterocycles. The summed E-state index contributed by atoms with van der Waals surface area (Å²) in [4.78, 5) is 21.7. The Hall–Kier alpha value is -1.77. The third kappa shape index (κ3) is 4.30. The molecule has 0 aromatic rings. The van der Waals surface area contributed by atoms with Gasteiger partial charge in [0.1, 0.15) is 0 Å². The minimum absolute atomic E-state index is 0.00204. The van der Waals surface area contributed by atoms with Gasteiger partial charge in [-0.15, -0.1) is 0 Å². The molecule has 0 aliphatic rings. The van der Waals surface area contributed by atoms with Gasteiger partial charge in [0.2, 0.25) is 6.10 Å². The smallest absolute Gasteiger partial charge is 0.348 e. The number of hydrogen-bond donors (Lipinski definition) is 0. The Morgan fingerprint density at radius 3 is 2.43 bits per heavy atom. The summed E-state index contributed by atoms with van der Waals surface area (Å²) in [5.74, 6) is -1.16. The maximum Gasteiger partial charge on any atom is 0.348 e. The summed E-state index contributed by atoms with van der Waals surface area (Å²) in [6.07, 6.45) is 0.394. The average Bonchev–Trinajstić information content (AvgIpc) is 2.22. The molecular weight excluding hydrogens is 190 g/mol. The second-order valence-electron chi connectivity index (χ2n) is 2.34. The standard InChI is InChI=1S/C8H11NO5/c1-12-7(10)4-3-6(14-5-9)8(11)13-2/h6H,3-4H2,1-2H3. The second kappa shape index (κ2) is 6.71. The Labute approximate surface area is 81.4 Å². The van der Waals surface area contributed by atoms with Gasteiger partial charge in [-0.3, -0.25) is 4.79 Å². The molecule has 0 aromatic carbocycles. The van der Waals surface area contributed by atoms with Crippen LogP contribution in [-0.4, -0.2) is 32.3 Å². The van der Waals surface area contributed by atoms with Crippen LogP contribution in [0.4, 0.5) is 0 Å². The molecule has 0 saturated carbocycles. The first kappa shape index (κ1) is 12.2. The quantitative estimate of drug-likeness (QED) is 0.459. The van der Waals surface area contributed by atoms with Crippen molar-refractivity contribution in [1.29, 1.82) is 5.26 Å². The second-order valence-corrected chi connectivity index (χ2v) is 2.34. The first-order chi connectivity index (χ1) is 6.65. The minimum atomic E-state index is -1.04. The van der Waals surface area contributed by atoms with Gasteiger partial charge in [-0.25, -0.2) is 4.79 Å². The molecule has 0 aliphatic carbocycles. The number of nitrogens with zero attached hydrogens (tertiary/aromatic N) is 1. The van der Waals surface area contributed by atoms with E-state index in [0.717, 1.165) is 0 Å². The summed E-state index contributed by atoms with van der Waals surface area (Å²) in [6, 6.07) is 0. The lowest BCUT2D eigenvalue weighted by Gasteiger charge is -2.09. The van der Waals surface area contributed by atoms with Gasteiger partial charge < -0.3 is 14.2 Å². The van der Waals surface area contributed by atoms with Crippen molar-refractivity contribution in [3.8, 4) is 6.26 Å². The summed E-state index contributed by atoms with van der Waals surface area (Å²) in [5.41, 5.74) is 0. The number of carbonyl (C=O) groups is 2. The fourth-order valence-corrected chi connectivity index (χ4v) is 0.771. The highest BCUT2D eigenvalue weighted by Gasteiger charge is 2.21. The highest BCUT2D eigenvalue weighted by molar-refractivity contribution is 5.76. The van der Waals surface area contributed by atoms with Gasteiger partial charge in [0, 0.05) is 12.8 Å². The normalized spacial score (nSPS) is 10.9. The van der Waals surface area contributed by atoms with Gasteiger partial charge in [0.25, 0.3) is 6.26 Å². The molecule has 0 fully saturated rings. The zero-order valence-corrected chi connectivity index (χ0v) is 7.98. The van der Waals surface area contributed by atoms with E-state index in [1.165, 1.54) is 20.5 Å². The summed E-state index contributed by atoms with van der Waals surface area (Å²) in [6.45, 7) is 0. The summed E-state index contributed by atoms with van der Waals surface area (Å²) in [5, 5.41) is 8.21. The molecule has 0 N–H and O–H groups in total. The fourth-order valence-electron chi connectivity index (χ4n) is 0.771. The van der Waals surface area contributed by atoms with Crippen molar-refractivity contribution in [2.24, 2.45) is 0 Å². The molecule has 78 valence electrons. The monoisotopic (exact) mass is 201 g/mol. The number of nitriles is 1. The third-order valence-corrected chi connectivity index (χ3v) is 1.50. The number of carbonyl (C=O) groups excluding carboxylic acids is 2. The minimum Gasteiger partial charge on any atom is -0.469 e. The Balaban J connectivity index is 4.04. The highest BCUT2D eigenvalue weighted by Crippen LogP contribution is 2.04. The molecule has 14 heavy (non-hydrogen) atoms. The van der Waals surface area contributed by atoms with E-state index in [4.69, 9.17) is 5.26 Å². The first-order valence-electron chi connectivity index (χ1n) is 3.85. The van der Waals surface area contributed by atoms with E-state index >= 15 is 0 Å². The van der Waals surface area contributed by atoms with Crippen LogP contribution in [0.3, 0.4) is 0 Å². The molecule has 0 amide bonds. The molecule has 0 bridgehead atoms. The third-order valence-electron chi connectivity index (χ3n) is 1.50. The van der Waals surface area contributed by atoms with Crippen LogP contribution in [0.1, 0.15) is 12.8 Å². The van der Waals surface area contributed by atoms with Gasteiger partial charge in [-0.2, -0.15) is 5.26 Å². The Morgan fingerprint density at radius 2 is 2.00 bits per heavy atom. The average molecular weight is 201 g/mol. The van der Waals surface area contributed by atoms with Crippen LogP contribution in [0.2, 0.25) is 0 Å². The molecule has 6 heteroatoms. The lowest BCUT2D eigenvalue weighted by atomic mass is 10.2. The molecular formula is C8H11NO5. The van der Waals surface area contributed by atoms with E-state index in [-0.39, 0.29) is 12.8 Å². The molecule has 0 spiro atoms. The molecule has 0 aliphatic heterocycles. The summed E-state index contributed by atoms with van der Waals surface area (Å²) >= 11 is 0. The summed E-state index contributed by atoms with van der Waals surface area (Å²) in [7, 11) is 2.41. The SMILES string of the molecule is COC(=O)CCC(OC#N)C(=O)OC. The molecule has 6 nitrogen and oxygen atoms in total. The molecule has 0 heterocycles. The molecule has 1 atom stereocenters. The van der Waals surface area contributed by atoms with E-state index in [2.05, 4.69) is 14.2 Å². The van der Waals surface area contributed by atoms with E-state index in [1.54, 1.807) is 0 Å². The number of methoxy groups -OCH3 is 2. The van der Waals surface area contributed by atoms with E-state index in [1.807, 2.05) is 0 Å². The van der Waals surface area contributed by atoms with Crippen molar-refractivity contribution in [2.45, 2.75) is 18.9 Å². The van der Waals surface area contributed by atoms with Crippen molar-refractivity contribution in [1.82, 2.24) is 0 Å². The number of hydrogen-bond acceptors (Lipinski definition) is 6. The first-order valence-corrected chi connectivity index (χ1v) is 3.85. The van der Waals surface area contributed by atoms with Crippen LogP contribution in [0.5, 0.6) is 0 Å². The lowest BCUT2D eigenvalue weighted by molar-refractivity contribution is -0.151. The lowest BCUT2D eigenvalue weighted by Crippen LogP contribution is -2.25. The number of esters is 2. The van der Waals surface area contributed by atoms with Gasteiger partial charge in [0.05, 0.1) is 14.2 Å². The van der Waals surface area contributed by atoms with Crippen molar-refractivity contribution in [2.75, 3.05) is 14.2 Å². The molecule has 0 saturated heterocycles. The van der Waals surface area contributed by atoms with Crippen molar-refractivity contribution in [3.05, 3.63) is 0 Å². The Morgan fingerprint density at radius 1 is 1.36 bits per heavy atom. The van der Waals surface area contributed by atoms with Crippen LogP contribution < -0.4 is 0 Å². The zero-order chi connectivity index (χ0) is 11.0. The van der Waals surface area contributed by atoms with Crippen molar-refractivity contribution < 1.29 is 23.8 Å². The predicted molar refractivity (Wildman–Crippen MR) is 43.8 cm³/mol. The topological polar surface area (TPSA) is 85.6 Å². The maximum atomic E-state index is 11.0. The maximum absolute atomic E-state index is 11.0. The van der Waals surface area contributed by atoms with Crippen LogP contribution in [0.25, 0.3) is 0 Å². The predicted octanol–water partition coefficient (Wildman–Crippen LogP) is -0.0211. The summed E-state index contributed by atoms with van der Waals surface area (Å²) < 4.78 is 13.1. The van der Waals surface area contributed by atoms with E-state index < -0.39 is 18.0 Å². The Bertz CT molecular complexity index is 245. The Kier molecular flexibility index (Phi) is 5.87. The van der Waals surface area contributed by atoms with Crippen LogP contribution >= 0.6 is 0 Å². The van der Waals surface area contributed by atoms with Gasteiger partial charge in [-0.05, 0) is 0 Å². The largest absolute Gasteiger partial charge is 0.469 e. The van der Waals surface area contributed by atoms with Crippen molar-refractivity contribution >= 4 is 11.9 Å². The van der Waals surface area contributed by atoms with Crippen LogP contribution in [0, 0.1) is 11.5 Å². The van der Waals surface area contributed by atoms with Gasteiger partial charge in [-0.1, -0.05) is 0 Å². The zero-order valence-electron chi connectivity index (χ0n) is 7.98. The molecule has 0 radical (unpaired) electrons. The van der Waals surface area contributed by atoms with E-state index in [0.29, 0.717) is 0 Å². The van der Waals surface area contributed by atoms with Gasteiger partial charge >= 0.3 is 11.9 Å². The number of rotatable bonds is 5. The van der Waals surface area contributed by atoms with Crippen molar-refractivity contribution in [3.63, 3.8) is 0 Å².